The van der Waals surface area contributed by atoms with Crippen molar-refractivity contribution < 1.29 is 27.1 Å². The monoisotopic (exact) mass is 1150 g/mol. The van der Waals surface area contributed by atoms with Gasteiger partial charge in [-0.15, -0.1) is 0 Å². The Kier molecular flexibility index (Phi) is 10.8. The lowest BCUT2D eigenvalue weighted by Crippen LogP contribution is -2.31. The van der Waals surface area contributed by atoms with E-state index in [1.165, 1.54) is 0 Å². The molecule has 0 N–H and O–H groups in total. The maximum Gasteiger partial charge on any atom is 0.269 e. The second-order valence-corrected chi connectivity index (χ2v) is 26.6. The Morgan fingerprint density at radius 3 is 1.63 bits per heavy atom. The minimum absolute atomic E-state index is 0.112. The average molecular weight is 1150 g/mol. The lowest BCUT2D eigenvalue weighted by Gasteiger charge is -2.27. The minimum Gasteiger partial charge on any atom is -0.458 e. The molecule has 5 heteroatoms. The molecular weight excluding hydrogens is 1060 g/mol. The van der Waals surface area contributed by atoms with E-state index in [1.54, 1.807) is 12.1 Å². The van der Waals surface area contributed by atoms with Crippen molar-refractivity contribution in [1.29, 1.82) is 0 Å². The number of imidazole rings is 1. The quantitative estimate of drug-likeness (QED) is 0.101. The van der Waals surface area contributed by atoms with Gasteiger partial charge in [-0.3, -0.25) is 13.7 Å². The number of hydrogen-bond acceptors (Lipinski definition) is 2. The number of ether oxygens (including phenoxy) is 1. The smallest absolute Gasteiger partial charge is 0.269 e. The van der Waals surface area contributed by atoms with Gasteiger partial charge in [0, 0.05) is 23.0 Å². The lowest BCUT2D eigenvalue weighted by atomic mass is 9.78. The van der Waals surface area contributed by atoms with Crippen molar-refractivity contribution in [1.82, 2.24) is 14.1 Å². The number of fused-ring (bicyclic) bond motifs is 4. The van der Waals surface area contributed by atoms with Crippen LogP contribution in [-0.2, 0) is 21.7 Å². The highest BCUT2D eigenvalue weighted by Crippen LogP contribution is 2.43. The normalized spacial score (nSPS) is 14.5. The summed E-state index contributed by atoms with van der Waals surface area (Å²) in [4.78, 5) is 4.91. The van der Waals surface area contributed by atoms with Crippen molar-refractivity contribution in [3.8, 4) is 84.3 Å². The Bertz CT molecular complexity index is 5360. The van der Waals surface area contributed by atoms with Gasteiger partial charge >= 0.3 is 0 Å². The van der Waals surface area contributed by atoms with Crippen LogP contribution in [-0.4, -0.2) is 14.1 Å². The molecule has 0 amide bonds. The Morgan fingerprint density at radius 2 is 0.989 bits per heavy atom. The van der Waals surface area contributed by atoms with Gasteiger partial charge < -0.3 is 4.74 Å². The maximum atomic E-state index is 10.5. The fourth-order valence-corrected chi connectivity index (χ4v) is 11.4. The zero-order chi connectivity index (χ0) is 71.9. The summed E-state index contributed by atoms with van der Waals surface area (Å²) in [6.07, 6.45) is 5.64. The molecule has 0 aliphatic rings. The van der Waals surface area contributed by atoms with Crippen molar-refractivity contribution >= 4 is 32.8 Å². The van der Waals surface area contributed by atoms with Crippen LogP contribution in [0.4, 0.5) is 0 Å². The van der Waals surface area contributed by atoms with Gasteiger partial charge in [-0.25, -0.2) is 4.98 Å². The first kappa shape index (κ1) is 43.1. The highest BCUT2D eigenvalue weighted by atomic mass is 16.5. The van der Waals surface area contributed by atoms with E-state index in [9.17, 15) is 9.60 Å². The van der Waals surface area contributed by atoms with Crippen LogP contribution >= 0.6 is 0 Å². The van der Waals surface area contributed by atoms with E-state index >= 15 is 0 Å². The molecule has 0 saturated heterocycles. The number of rotatable bonds is 10. The maximum absolute atomic E-state index is 10.5. The van der Waals surface area contributed by atoms with Crippen molar-refractivity contribution in [2.75, 3.05) is 0 Å². The SMILES string of the molecule is [2H]c1c([2H])c([2H])c(-c2c([2H])c(-c3cccc(-c4cc(C(C)(C)C)cc(C(C)(C)C)c4)c3-[n+]3[c-]n(-c4cccc(Oc5ccc6c7ccccc7n(-c7cc(C(C)(C)C)ccn7)c6c5)c4)c4cc(-c5ccc(C(C)(C)C)cc5)ccc43)c([2H])c(-c3c([2H])c([2H])c([2H])c([2H])c3[2H])c2[2H])c([2H])c1[2H]. The summed E-state index contributed by atoms with van der Waals surface area (Å²) in [5.74, 6) is 1.86. The fourth-order valence-electron chi connectivity index (χ4n) is 11.4. The number of hydrogen-bond donors (Lipinski definition) is 0. The van der Waals surface area contributed by atoms with E-state index in [0.717, 1.165) is 66.6 Å². The third-order valence-corrected chi connectivity index (χ3v) is 16.3. The van der Waals surface area contributed by atoms with Crippen LogP contribution in [0.1, 0.15) is 123 Å². The van der Waals surface area contributed by atoms with E-state index in [1.807, 2.05) is 82.1 Å². The van der Waals surface area contributed by atoms with Crippen LogP contribution in [0.5, 0.6) is 11.5 Å². The summed E-state index contributed by atoms with van der Waals surface area (Å²) in [6.45, 7) is 25.9. The lowest BCUT2D eigenvalue weighted by molar-refractivity contribution is -0.571. The molecule has 0 radical (unpaired) electrons. The number of aromatic nitrogens is 4. The highest BCUT2D eigenvalue weighted by molar-refractivity contribution is 6.09. The standard InChI is InChI=1S/C82H76N4O/c1-79(2,3)62-36-33-56(34-37-62)57-35-40-74-76(48-57)84(66-27-21-28-67(51-66)87-68-38-39-72-71-29-19-20-32-73(71)86(75(72)52-68)77-50-63(41-42-83-77)80(4,5)6)53-85(74)78-69(30-22-31-70(78)61-46-64(81(7,8)9)49-65(47-61)82(10,11)12)60-44-58(54-23-15-13-16-24-54)43-59(45-60)55-25-17-14-18-26-55/h13-52H,1-12H3/i13D,14D,15D,16D,17D,18D,23D,24D,25D,26D,43D,44D,45D. The molecule has 0 fully saturated rings. The molecule has 0 bridgehead atoms. The van der Waals surface area contributed by atoms with Crippen LogP contribution in [0.15, 0.2) is 242 Å². The van der Waals surface area contributed by atoms with Crippen LogP contribution < -0.4 is 9.30 Å². The molecule has 13 rings (SSSR count). The Morgan fingerprint density at radius 1 is 0.414 bits per heavy atom. The topological polar surface area (TPSA) is 35.9 Å². The van der Waals surface area contributed by atoms with Gasteiger partial charge in [0.25, 0.3) is 6.33 Å². The predicted molar refractivity (Wildman–Crippen MR) is 364 cm³/mol. The summed E-state index contributed by atoms with van der Waals surface area (Å²) in [5, 5.41) is 2.10. The van der Waals surface area contributed by atoms with Crippen LogP contribution in [0.25, 0.3) is 106 Å². The molecule has 0 aliphatic carbocycles. The van der Waals surface area contributed by atoms with Gasteiger partial charge in [0.1, 0.15) is 17.3 Å². The van der Waals surface area contributed by atoms with Crippen molar-refractivity contribution in [3.63, 3.8) is 0 Å². The molecule has 0 unspecified atom stereocenters. The third-order valence-electron chi connectivity index (χ3n) is 16.3. The Labute approximate surface area is 532 Å². The molecule has 0 atom stereocenters. The molecule has 87 heavy (non-hydrogen) atoms. The molecule has 10 aromatic carbocycles. The fraction of sp³-hybridized carbons (Fsp3) is 0.195. The first-order chi connectivity index (χ1) is 47.0. The molecular formula is C82H76N4O. The molecule has 13 aromatic rings. The van der Waals surface area contributed by atoms with E-state index in [4.69, 9.17) is 17.9 Å². The van der Waals surface area contributed by atoms with Gasteiger partial charge in [-0.1, -0.05) is 241 Å². The van der Waals surface area contributed by atoms with Gasteiger partial charge in [0.15, 0.2) is 0 Å². The van der Waals surface area contributed by atoms with E-state index in [-0.39, 0.29) is 32.8 Å². The summed E-state index contributed by atoms with van der Waals surface area (Å²) in [6, 6.07) is 43.5. The number of para-hydroxylation sites is 2. The highest BCUT2D eigenvalue weighted by Gasteiger charge is 2.27. The van der Waals surface area contributed by atoms with Gasteiger partial charge in [0.05, 0.1) is 51.3 Å². The van der Waals surface area contributed by atoms with E-state index in [0.29, 0.717) is 39.5 Å². The molecule has 0 saturated carbocycles. The van der Waals surface area contributed by atoms with Crippen LogP contribution in [0, 0.1) is 6.33 Å². The summed E-state index contributed by atoms with van der Waals surface area (Å²) < 4.78 is 134. The number of nitrogens with zero attached hydrogens (tertiary/aromatic N) is 4. The molecule has 5 nitrogen and oxygen atoms in total. The molecule has 0 spiro atoms. The summed E-state index contributed by atoms with van der Waals surface area (Å²) in [7, 11) is 0. The average Bonchev–Trinajstić information content (AvgIpc) is 0.811. The number of benzene rings is 10. The predicted octanol–water partition coefficient (Wildman–Crippen LogP) is 21.5. The van der Waals surface area contributed by atoms with Crippen molar-refractivity contribution in [2.24, 2.45) is 0 Å². The van der Waals surface area contributed by atoms with Crippen LogP contribution in [0.2, 0.25) is 0 Å². The molecule has 3 heterocycles. The second kappa shape index (κ2) is 21.7. The van der Waals surface area contributed by atoms with E-state index in [2.05, 4.69) is 173 Å². The Balaban J connectivity index is 1.12. The van der Waals surface area contributed by atoms with Gasteiger partial charge in [0.2, 0.25) is 0 Å². The van der Waals surface area contributed by atoms with Crippen molar-refractivity contribution in [3.05, 3.63) is 271 Å². The number of pyridine rings is 1. The van der Waals surface area contributed by atoms with E-state index < -0.39 is 101 Å². The minimum atomic E-state index is -0.746. The molecule has 430 valence electrons. The van der Waals surface area contributed by atoms with Crippen LogP contribution in [0.3, 0.4) is 0 Å². The summed E-state index contributed by atoms with van der Waals surface area (Å²) >= 11 is 0. The summed E-state index contributed by atoms with van der Waals surface area (Å²) in [5.41, 5.74) is 8.60. The Hall–Kier alpha value is -9.58. The molecule has 0 aliphatic heterocycles. The first-order valence-electron chi connectivity index (χ1n) is 36.0. The second-order valence-electron chi connectivity index (χ2n) is 26.6. The zero-order valence-electron chi connectivity index (χ0n) is 64.3. The van der Waals surface area contributed by atoms with Gasteiger partial charge in [-0.2, -0.15) is 0 Å². The van der Waals surface area contributed by atoms with Gasteiger partial charge in [-0.05, 0) is 172 Å². The third kappa shape index (κ3) is 11.1. The first-order valence-corrected chi connectivity index (χ1v) is 29.5. The molecule has 3 aromatic heterocycles. The zero-order valence-corrected chi connectivity index (χ0v) is 51.3. The largest absolute Gasteiger partial charge is 0.458 e. The van der Waals surface area contributed by atoms with Crippen molar-refractivity contribution in [2.45, 2.75) is 105 Å².